The SMILES string of the molecule is Cc1c(Br)cccc1-n1cc(CCCN)nn1. The van der Waals surface area contributed by atoms with Gasteiger partial charge in [0.15, 0.2) is 0 Å². The number of benzene rings is 1. The Morgan fingerprint density at radius 3 is 3.00 bits per heavy atom. The number of nitrogens with zero attached hydrogens (tertiary/aromatic N) is 3. The molecule has 5 heteroatoms. The highest BCUT2D eigenvalue weighted by molar-refractivity contribution is 9.10. The fourth-order valence-electron chi connectivity index (χ4n) is 1.66. The van der Waals surface area contributed by atoms with Crippen LogP contribution in [-0.4, -0.2) is 21.5 Å². The van der Waals surface area contributed by atoms with Crippen LogP contribution in [0.15, 0.2) is 28.9 Å². The molecule has 0 amide bonds. The van der Waals surface area contributed by atoms with Gasteiger partial charge in [-0.2, -0.15) is 0 Å². The minimum Gasteiger partial charge on any atom is -0.330 e. The first-order chi connectivity index (χ1) is 8.22. The van der Waals surface area contributed by atoms with Crippen molar-refractivity contribution in [3.63, 3.8) is 0 Å². The average Bonchev–Trinajstić information content (AvgIpc) is 2.78. The lowest BCUT2D eigenvalue weighted by atomic mass is 10.2. The molecule has 2 aromatic rings. The number of nitrogens with two attached hydrogens (primary N) is 1. The van der Waals surface area contributed by atoms with Crippen molar-refractivity contribution in [2.45, 2.75) is 19.8 Å². The second-order valence-electron chi connectivity index (χ2n) is 3.93. The number of aryl methyl sites for hydroxylation is 1. The maximum absolute atomic E-state index is 5.48. The van der Waals surface area contributed by atoms with Crippen molar-refractivity contribution < 1.29 is 0 Å². The number of hydrogen-bond acceptors (Lipinski definition) is 3. The standard InChI is InChI=1S/C12H15BrN4/c1-9-11(13)5-2-6-12(9)17-8-10(15-16-17)4-3-7-14/h2,5-6,8H,3-4,7,14H2,1H3. The molecule has 1 aromatic heterocycles. The quantitative estimate of drug-likeness (QED) is 0.941. The van der Waals surface area contributed by atoms with Gasteiger partial charge in [-0.3, -0.25) is 0 Å². The molecule has 2 rings (SSSR count). The van der Waals surface area contributed by atoms with E-state index in [9.17, 15) is 0 Å². The molecule has 0 fully saturated rings. The van der Waals surface area contributed by atoms with Crippen molar-refractivity contribution >= 4 is 15.9 Å². The van der Waals surface area contributed by atoms with Gasteiger partial charge < -0.3 is 5.73 Å². The van der Waals surface area contributed by atoms with E-state index in [4.69, 9.17) is 5.73 Å². The van der Waals surface area contributed by atoms with E-state index in [2.05, 4.69) is 33.2 Å². The maximum Gasteiger partial charge on any atom is 0.0832 e. The predicted molar refractivity (Wildman–Crippen MR) is 71.2 cm³/mol. The fraction of sp³-hybridized carbons (Fsp3) is 0.333. The smallest absolute Gasteiger partial charge is 0.0832 e. The number of aromatic nitrogens is 3. The number of hydrogen-bond donors (Lipinski definition) is 1. The van der Waals surface area contributed by atoms with Crippen molar-refractivity contribution in [3.05, 3.63) is 40.1 Å². The summed E-state index contributed by atoms with van der Waals surface area (Å²) < 4.78 is 2.89. The highest BCUT2D eigenvalue weighted by Crippen LogP contribution is 2.22. The largest absolute Gasteiger partial charge is 0.330 e. The summed E-state index contributed by atoms with van der Waals surface area (Å²) >= 11 is 3.51. The van der Waals surface area contributed by atoms with Crippen molar-refractivity contribution in [3.8, 4) is 5.69 Å². The lowest BCUT2D eigenvalue weighted by Crippen LogP contribution is -2.00. The van der Waals surface area contributed by atoms with E-state index < -0.39 is 0 Å². The van der Waals surface area contributed by atoms with Gasteiger partial charge in [-0.05, 0) is 44.0 Å². The first kappa shape index (κ1) is 12.3. The second kappa shape index (κ2) is 5.42. The van der Waals surface area contributed by atoms with Gasteiger partial charge in [0.05, 0.1) is 17.6 Å². The Balaban J connectivity index is 2.27. The normalized spacial score (nSPS) is 10.8. The Kier molecular flexibility index (Phi) is 3.91. The van der Waals surface area contributed by atoms with Crippen LogP contribution in [0.5, 0.6) is 0 Å². The van der Waals surface area contributed by atoms with Gasteiger partial charge in [-0.25, -0.2) is 4.68 Å². The summed E-state index contributed by atoms with van der Waals surface area (Å²) in [5.74, 6) is 0. The Morgan fingerprint density at radius 1 is 1.41 bits per heavy atom. The lowest BCUT2D eigenvalue weighted by Gasteiger charge is -2.05. The zero-order valence-corrected chi connectivity index (χ0v) is 11.3. The topological polar surface area (TPSA) is 56.7 Å². The van der Waals surface area contributed by atoms with E-state index in [1.54, 1.807) is 0 Å². The summed E-state index contributed by atoms with van der Waals surface area (Å²) in [5, 5.41) is 8.29. The third-order valence-electron chi connectivity index (χ3n) is 2.66. The Morgan fingerprint density at radius 2 is 2.24 bits per heavy atom. The molecule has 0 aliphatic heterocycles. The lowest BCUT2D eigenvalue weighted by molar-refractivity contribution is 0.776. The van der Waals surface area contributed by atoms with E-state index >= 15 is 0 Å². The Bertz CT molecular complexity index is 507. The molecular formula is C12H15BrN4. The van der Waals surface area contributed by atoms with Gasteiger partial charge in [0.25, 0.3) is 0 Å². The van der Waals surface area contributed by atoms with Gasteiger partial charge in [-0.15, -0.1) is 5.10 Å². The van der Waals surface area contributed by atoms with Crippen LogP contribution >= 0.6 is 15.9 Å². The van der Waals surface area contributed by atoms with E-state index in [0.717, 1.165) is 34.3 Å². The number of halogens is 1. The highest BCUT2D eigenvalue weighted by atomic mass is 79.9. The molecule has 90 valence electrons. The van der Waals surface area contributed by atoms with Gasteiger partial charge in [0.2, 0.25) is 0 Å². The first-order valence-corrected chi connectivity index (χ1v) is 6.38. The van der Waals surface area contributed by atoms with Crippen molar-refractivity contribution in [2.75, 3.05) is 6.54 Å². The van der Waals surface area contributed by atoms with Gasteiger partial charge in [0.1, 0.15) is 0 Å². The third-order valence-corrected chi connectivity index (χ3v) is 3.52. The summed E-state index contributed by atoms with van der Waals surface area (Å²) in [6.45, 7) is 2.74. The van der Waals surface area contributed by atoms with E-state index in [0.29, 0.717) is 6.54 Å². The van der Waals surface area contributed by atoms with Gasteiger partial charge in [-0.1, -0.05) is 27.2 Å². The number of rotatable bonds is 4. The zero-order chi connectivity index (χ0) is 12.3. The Hall–Kier alpha value is -1.20. The van der Waals surface area contributed by atoms with Crippen LogP contribution in [0.3, 0.4) is 0 Å². The van der Waals surface area contributed by atoms with Crippen LogP contribution in [0, 0.1) is 6.92 Å². The molecule has 0 radical (unpaired) electrons. The van der Waals surface area contributed by atoms with Crippen LogP contribution in [0.2, 0.25) is 0 Å². The zero-order valence-electron chi connectivity index (χ0n) is 9.73. The third kappa shape index (κ3) is 2.73. The van der Waals surface area contributed by atoms with Crippen LogP contribution < -0.4 is 5.73 Å². The molecule has 0 saturated carbocycles. The summed E-state index contributed by atoms with van der Waals surface area (Å²) in [6, 6.07) is 6.04. The minimum atomic E-state index is 0.683. The fourth-order valence-corrected chi connectivity index (χ4v) is 2.01. The van der Waals surface area contributed by atoms with Crippen LogP contribution in [0.4, 0.5) is 0 Å². The molecule has 0 unspecified atom stereocenters. The molecule has 0 aliphatic carbocycles. The van der Waals surface area contributed by atoms with Crippen molar-refractivity contribution in [1.29, 1.82) is 0 Å². The Labute approximate surface area is 109 Å². The highest BCUT2D eigenvalue weighted by Gasteiger charge is 2.06. The van der Waals surface area contributed by atoms with Crippen LogP contribution in [0.25, 0.3) is 5.69 Å². The first-order valence-electron chi connectivity index (χ1n) is 5.59. The monoisotopic (exact) mass is 294 g/mol. The van der Waals surface area contributed by atoms with E-state index in [1.807, 2.05) is 29.1 Å². The van der Waals surface area contributed by atoms with E-state index in [-0.39, 0.29) is 0 Å². The summed E-state index contributed by atoms with van der Waals surface area (Å²) in [6.07, 6.45) is 3.78. The maximum atomic E-state index is 5.48. The molecule has 17 heavy (non-hydrogen) atoms. The summed E-state index contributed by atoms with van der Waals surface area (Å²) in [4.78, 5) is 0. The molecule has 2 N–H and O–H groups in total. The molecule has 0 atom stereocenters. The summed E-state index contributed by atoms with van der Waals surface area (Å²) in [7, 11) is 0. The molecule has 0 aliphatic rings. The minimum absolute atomic E-state index is 0.683. The van der Waals surface area contributed by atoms with Crippen LogP contribution in [-0.2, 0) is 6.42 Å². The van der Waals surface area contributed by atoms with Crippen molar-refractivity contribution in [1.82, 2.24) is 15.0 Å². The average molecular weight is 295 g/mol. The van der Waals surface area contributed by atoms with Gasteiger partial charge in [0, 0.05) is 4.47 Å². The second-order valence-corrected chi connectivity index (χ2v) is 4.78. The van der Waals surface area contributed by atoms with Gasteiger partial charge >= 0.3 is 0 Å². The van der Waals surface area contributed by atoms with Crippen molar-refractivity contribution in [2.24, 2.45) is 5.73 Å². The predicted octanol–water partition coefficient (Wildman–Crippen LogP) is 2.23. The molecule has 1 aromatic carbocycles. The molecule has 0 saturated heterocycles. The summed E-state index contributed by atoms with van der Waals surface area (Å²) in [5.41, 5.74) is 8.66. The molecule has 0 spiro atoms. The van der Waals surface area contributed by atoms with Crippen LogP contribution in [0.1, 0.15) is 17.7 Å². The molecule has 0 bridgehead atoms. The molecule has 4 nitrogen and oxygen atoms in total. The molecular weight excluding hydrogens is 280 g/mol. The molecule has 1 heterocycles. The van der Waals surface area contributed by atoms with E-state index in [1.165, 1.54) is 0 Å².